The number of nitrogens with one attached hydrogen (secondary N) is 2. The van der Waals surface area contributed by atoms with Crippen molar-refractivity contribution in [2.75, 3.05) is 38.1 Å². The Kier molecular flexibility index (Phi) is 5.76. The summed E-state index contributed by atoms with van der Waals surface area (Å²) in [6, 6.07) is 11.4. The fraction of sp³-hybridized carbons (Fsp3) is 0.455. The molecule has 6 nitrogen and oxygen atoms in total. The topological polar surface area (TPSA) is 66.5 Å². The van der Waals surface area contributed by atoms with Gasteiger partial charge in [-0.25, -0.2) is 4.98 Å². The summed E-state index contributed by atoms with van der Waals surface area (Å²) >= 11 is 0. The molecule has 2 aliphatic rings. The van der Waals surface area contributed by atoms with Gasteiger partial charge in [0.15, 0.2) is 0 Å². The second-order valence-electron chi connectivity index (χ2n) is 7.53. The van der Waals surface area contributed by atoms with Crippen LogP contribution in [0, 0.1) is 11.8 Å². The maximum Gasteiger partial charge on any atom is 0.257 e. The molecule has 2 atom stereocenters. The summed E-state index contributed by atoms with van der Waals surface area (Å²) in [5.41, 5.74) is 1.51. The van der Waals surface area contributed by atoms with E-state index in [0.29, 0.717) is 29.8 Å². The normalized spacial score (nSPS) is 21.7. The van der Waals surface area contributed by atoms with Gasteiger partial charge in [0.2, 0.25) is 0 Å². The highest BCUT2D eigenvalue weighted by atomic mass is 16.5. The number of carbonyl (C=O) groups excluding carboxylic acids is 1. The molecule has 1 aromatic carbocycles. The van der Waals surface area contributed by atoms with Crippen LogP contribution in [-0.2, 0) is 0 Å². The molecule has 0 aliphatic carbocycles. The Labute approximate surface area is 166 Å². The van der Waals surface area contributed by atoms with Crippen LogP contribution in [0.2, 0.25) is 0 Å². The third kappa shape index (κ3) is 4.12. The Morgan fingerprint density at radius 2 is 1.89 bits per heavy atom. The van der Waals surface area contributed by atoms with Crippen LogP contribution in [0.3, 0.4) is 0 Å². The van der Waals surface area contributed by atoms with Crippen LogP contribution in [-0.4, -0.2) is 48.6 Å². The van der Waals surface area contributed by atoms with E-state index >= 15 is 0 Å². The lowest BCUT2D eigenvalue weighted by Crippen LogP contribution is -2.33. The second-order valence-corrected chi connectivity index (χ2v) is 7.53. The molecule has 0 bridgehead atoms. The van der Waals surface area contributed by atoms with E-state index in [4.69, 9.17) is 4.74 Å². The minimum absolute atomic E-state index is 0.0643. The molecule has 148 valence electrons. The third-order valence-electron chi connectivity index (χ3n) is 5.77. The quantitative estimate of drug-likeness (QED) is 0.833. The monoisotopic (exact) mass is 380 g/mol. The molecule has 0 radical (unpaired) electrons. The van der Waals surface area contributed by atoms with E-state index < -0.39 is 0 Å². The van der Waals surface area contributed by atoms with Gasteiger partial charge in [-0.1, -0.05) is 0 Å². The van der Waals surface area contributed by atoms with E-state index in [1.54, 1.807) is 6.20 Å². The van der Waals surface area contributed by atoms with Crippen LogP contribution in [0.5, 0.6) is 5.75 Å². The first kappa shape index (κ1) is 18.7. The van der Waals surface area contributed by atoms with Crippen molar-refractivity contribution in [2.24, 2.45) is 11.8 Å². The van der Waals surface area contributed by atoms with E-state index in [2.05, 4.69) is 15.6 Å². The summed E-state index contributed by atoms with van der Waals surface area (Å²) in [5.74, 6) is 2.90. The van der Waals surface area contributed by atoms with Crippen molar-refractivity contribution in [1.29, 1.82) is 0 Å². The molecule has 2 aromatic rings. The first-order valence-electron chi connectivity index (χ1n) is 10.2. The Hall–Kier alpha value is -2.60. The van der Waals surface area contributed by atoms with Gasteiger partial charge in [-0.3, -0.25) is 4.79 Å². The number of fused-ring (bicyclic) bond motifs is 1. The molecule has 6 heteroatoms. The first-order chi connectivity index (χ1) is 13.7. The van der Waals surface area contributed by atoms with Gasteiger partial charge >= 0.3 is 0 Å². The summed E-state index contributed by atoms with van der Waals surface area (Å²) in [6.07, 6.45) is 3.86. The van der Waals surface area contributed by atoms with Crippen molar-refractivity contribution >= 4 is 17.4 Å². The Balaban J connectivity index is 1.48. The van der Waals surface area contributed by atoms with Crippen molar-refractivity contribution in [2.45, 2.75) is 19.8 Å². The van der Waals surface area contributed by atoms with Crippen LogP contribution in [0.1, 0.15) is 30.1 Å². The van der Waals surface area contributed by atoms with Crippen LogP contribution in [0.25, 0.3) is 0 Å². The van der Waals surface area contributed by atoms with Crippen LogP contribution in [0.4, 0.5) is 11.5 Å². The number of hydrogen-bond acceptors (Lipinski definition) is 5. The van der Waals surface area contributed by atoms with E-state index in [1.807, 2.05) is 48.2 Å². The molecule has 28 heavy (non-hydrogen) atoms. The summed E-state index contributed by atoms with van der Waals surface area (Å²) in [6.45, 7) is 6.41. The number of anilines is 2. The van der Waals surface area contributed by atoms with Crippen LogP contribution in [0.15, 0.2) is 42.6 Å². The van der Waals surface area contributed by atoms with Gasteiger partial charge in [0, 0.05) is 25.0 Å². The number of pyridine rings is 1. The zero-order chi connectivity index (χ0) is 19.3. The predicted molar refractivity (Wildman–Crippen MR) is 110 cm³/mol. The van der Waals surface area contributed by atoms with Gasteiger partial charge in [-0.2, -0.15) is 0 Å². The summed E-state index contributed by atoms with van der Waals surface area (Å²) < 4.78 is 5.49. The number of rotatable bonds is 5. The third-order valence-corrected chi connectivity index (χ3v) is 5.77. The lowest BCUT2D eigenvalue weighted by molar-refractivity contribution is 0.0759. The second kappa shape index (κ2) is 8.61. The molecular weight excluding hydrogens is 352 g/mol. The van der Waals surface area contributed by atoms with Gasteiger partial charge < -0.3 is 20.3 Å². The smallest absolute Gasteiger partial charge is 0.257 e. The largest absolute Gasteiger partial charge is 0.494 e. The van der Waals surface area contributed by atoms with Crippen LogP contribution < -0.4 is 15.4 Å². The average molecular weight is 380 g/mol. The highest BCUT2D eigenvalue weighted by Gasteiger charge is 2.32. The average Bonchev–Trinajstić information content (AvgIpc) is 3.08. The molecule has 0 unspecified atom stereocenters. The molecule has 0 saturated carbocycles. The molecule has 1 amide bonds. The van der Waals surface area contributed by atoms with Crippen molar-refractivity contribution in [1.82, 2.24) is 15.2 Å². The Morgan fingerprint density at radius 1 is 1.18 bits per heavy atom. The molecular formula is C22H28N4O2. The van der Waals surface area contributed by atoms with Crippen molar-refractivity contribution in [3.63, 3.8) is 0 Å². The number of carbonyl (C=O) groups is 1. The number of nitrogens with zero attached hydrogens (tertiary/aromatic N) is 2. The molecule has 2 aliphatic heterocycles. The fourth-order valence-electron chi connectivity index (χ4n) is 4.21. The number of aromatic nitrogens is 1. The van der Waals surface area contributed by atoms with Crippen molar-refractivity contribution in [3.8, 4) is 5.75 Å². The van der Waals surface area contributed by atoms with Gasteiger partial charge in [0.05, 0.1) is 12.2 Å². The minimum Gasteiger partial charge on any atom is -0.494 e. The lowest BCUT2D eigenvalue weighted by Gasteiger charge is -2.22. The SMILES string of the molecule is CCOc1ccc(Nc2ncccc2C(=O)N2CC[C@@H]3CNC[C@@H]3CC2)cc1. The molecule has 2 N–H and O–H groups in total. The number of benzene rings is 1. The van der Waals surface area contributed by atoms with Gasteiger partial charge in [0.25, 0.3) is 5.91 Å². The highest BCUT2D eigenvalue weighted by molar-refractivity contribution is 5.99. The molecule has 2 saturated heterocycles. The van der Waals surface area contributed by atoms with Gasteiger partial charge in [0.1, 0.15) is 11.6 Å². The maximum atomic E-state index is 13.2. The first-order valence-corrected chi connectivity index (χ1v) is 10.2. The van der Waals surface area contributed by atoms with Gasteiger partial charge in [-0.15, -0.1) is 0 Å². The van der Waals surface area contributed by atoms with Crippen molar-refractivity contribution < 1.29 is 9.53 Å². The van der Waals surface area contributed by atoms with E-state index in [1.165, 1.54) is 0 Å². The van der Waals surface area contributed by atoms with E-state index in [0.717, 1.165) is 50.5 Å². The zero-order valence-electron chi connectivity index (χ0n) is 16.4. The summed E-state index contributed by atoms with van der Waals surface area (Å²) in [4.78, 5) is 19.7. The Bertz CT molecular complexity index is 794. The van der Waals surface area contributed by atoms with E-state index in [9.17, 15) is 4.79 Å². The molecule has 4 rings (SSSR count). The fourth-order valence-corrected chi connectivity index (χ4v) is 4.21. The number of hydrogen-bond donors (Lipinski definition) is 2. The Morgan fingerprint density at radius 3 is 2.57 bits per heavy atom. The van der Waals surface area contributed by atoms with Crippen molar-refractivity contribution in [3.05, 3.63) is 48.2 Å². The molecule has 2 fully saturated rings. The summed E-state index contributed by atoms with van der Waals surface area (Å²) in [7, 11) is 0. The molecule has 1 aromatic heterocycles. The lowest BCUT2D eigenvalue weighted by atomic mass is 9.92. The minimum atomic E-state index is 0.0643. The molecule has 0 spiro atoms. The maximum absolute atomic E-state index is 13.2. The van der Waals surface area contributed by atoms with Crippen LogP contribution >= 0.6 is 0 Å². The predicted octanol–water partition coefficient (Wildman–Crippen LogP) is 3.30. The summed E-state index contributed by atoms with van der Waals surface area (Å²) in [5, 5.41) is 6.78. The number of ether oxygens (including phenoxy) is 1. The molecule has 3 heterocycles. The number of likely N-dealkylation sites (tertiary alicyclic amines) is 1. The zero-order valence-corrected chi connectivity index (χ0v) is 16.4. The standard InChI is InChI=1S/C22H28N4O2/c1-2-28-19-7-5-18(6-8-19)25-21-20(4-3-11-24-21)22(27)26-12-9-16-14-23-15-17(16)10-13-26/h3-8,11,16-17,23H,2,9-10,12-15H2,1H3,(H,24,25)/t16-,17+. The highest BCUT2D eigenvalue weighted by Crippen LogP contribution is 2.29. The number of amides is 1. The van der Waals surface area contributed by atoms with E-state index in [-0.39, 0.29) is 5.91 Å². The van der Waals surface area contributed by atoms with Gasteiger partial charge in [-0.05, 0) is 81.1 Å².